The normalized spacial score (nSPS) is 10.6. The molecule has 0 amide bonds. The number of benzene rings is 1. The number of rotatable bonds is 6. The van der Waals surface area contributed by atoms with E-state index in [-0.39, 0.29) is 0 Å². The second-order valence-corrected chi connectivity index (χ2v) is 5.41. The van der Waals surface area contributed by atoms with Crippen molar-refractivity contribution in [3.63, 3.8) is 0 Å². The van der Waals surface area contributed by atoms with E-state index in [4.69, 9.17) is 4.74 Å². The maximum absolute atomic E-state index is 5.72. The number of aryl methyl sites for hydroxylation is 1. The molecule has 0 atom stereocenters. The molecule has 0 aliphatic heterocycles. The first kappa shape index (κ1) is 14.4. The van der Waals surface area contributed by atoms with Crippen molar-refractivity contribution in [2.45, 2.75) is 27.3 Å². The van der Waals surface area contributed by atoms with Crippen molar-refractivity contribution < 1.29 is 4.74 Å². The fraction of sp³-hybridized carbons (Fsp3) is 0.353. The maximum Gasteiger partial charge on any atom is 0.121 e. The first-order valence-electron chi connectivity index (χ1n) is 7.02. The summed E-state index contributed by atoms with van der Waals surface area (Å²) in [4.78, 5) is 4.38. The highest BCUT2D eigenvalue weighted by atomic mass is 16.5. The summed E-state index contributed by atoms with van der Waals surface area (Å²) in [6, 6.07) is 12.2. The molecule has 0 radical (unpaired) electrons. The van der Waals surface area contributed by atoms with Crippen LogP contribution in [0.3, 0.4) is 0 Å². The minimum Gasteiger partial charge on any atom is -0.493 e. The van der Waals surface area contributed by atoms with Crippen molar-refractivity contribution >= 4 is 5.69 Å². The Hall–Kier alpha value is -2.03. The Labute approximate surface area is 121 Å². The van der Waals surface area contributed by atoms with Crippen LogP contribution < -0.4 is 10.1 Å². The van der Waals surface area contributed by atoms with Crippen molar-refractivity contribution in [2.24, 2.45) is 5.92 Å². The zero-order valence-corrected chi connectivity index (χ0v) is 12.4. The Morgan fingerprint density at radius 1 is 1.20 bits per heavy atom. The highest BCUT2D eigenvalue weighted by Gasteiger charge is 2.00. The van der Waals surface area contributed by atoms with Gasteiger partial charge in [0.15, 0.2) is 0 Å². The molecule has 0 aliphatic rings. The van der Waals surface area contributed by atoms with Crippen LogP contribution >= 0.6 is 0 Å². The molecule has 3 nitrogen and oxygen atoms in total. The van der Waals surface area contributed by atoms with Crippen molar-refractivity contribution in [2.75, 3.05) is 11.9 Å². The molecule has 1 N–H and O–H groups in total. The molecule has 0 aliphatic carbocycles. The van der Waals surface area contributed by atoms with Crippen molar-refractivity contribution in [3.8, 4) is 5.75 Å². The predicted octanol–water partition coefficient (Wildman–Crippen LogP) is 4.04. The average molecular weight is 270 g/mol. The second-order valence-electron chi connectivity index (χ2n) is 5.41. The minimum atomic E-state index is 0.531. The van der Waals surface area contributed by atoms with Gasteiger partial charge in [-0.05, 0) is 36.6 Å². The van der Waals surface area contributed by atoms with E-state index in [1.54, 1.807) is 0 Å². The molecule has 2 aromatic rings. The summed E-state index contributed by atoms with van der Waals surface area (Å²) in [5, 5.41) is 3.37. The van der Waals surface area contributed by atoms with Gasteiger partial charge in [0, 0.05) is 18.0 Å². The van der Waals surface area contributed by atoms with Gasteiger partial charge in [0.25, 0.3) is 0 Å². The highest BCUT2D eigenvalue weighted by molar-refractivity contribution is 5.48. The summed E-state index contributed by atoms with van der Waals surface area (Å²) in [5.74, 6) is 1.43. The third-order valence-corrected chi connectivity index (χ3v) is 2.86. The smallest absolute Gasteiger partial charge is 0.121 e. The van der Waals surface area contributed by atoms with E-state index in [2.05, 4.69) is 30.2 Å². The summed E-state index contributed by atoms with van der Waals surface area (Å²) < 4.78 is 5.72. The molecular formula is C17H22N2O. The minimum absolute atomic E-state index is 0.531. The number of aromatic nitrogens is 1. The largest absolute Gasteiger partial charge is 0.493 e. The molecule has 0 unspecified atom stereocenters. The number of hydrogen-bond donors (Lipinski definition) is 1. The van der Waals surface area contributed by atoms with Gasteiger partial charge in [0.2, 0.25) is 0 Å². The van der Waals surface area contributed by atoms with E-state index in [9.17, 15) is 0 Å². The summed E-state index contributed by atoms with van der Waals surface area (Å²) in [6.07, 6.45) is 1.89. The van der Waals surface area contributed by atoms with E-state index >= 15 is 0 Å². The Kier molecular flexibility index (Phi) is 4.99. The summed E-state index contributed by atoms with van der Waals surface area (Å²) in [6.45, 7) is 7.78. The molecule has 3 heteroatoms. The average Bonchev–Trinajstić information content (AvgIpc) is 2.45. The summed E-state index contributed by atoms with van der Waals surface area (Å²) >= 11 is 0. The molecule has 1 aromatic carbocycles. The van der Waals surface area contributed by atoms with Crippen LogP contribution in [-0.2, 0) is 6.54 Å². The lowest BCUT2D eigenvalue weighted by atomic mass is 10.2. The van der Waals surface area contributed by atoms with Gasteiger partial charge in [-0.2, -0.15) is 0 Å². The maximum atomic E-state index is 5.72. The first-order chi connectivity index (χ1) is 9.63. The van der Waals surface area contributed by atoms with Gasteiger partial charge in [-0.1, -0.05) is 26.0 Å². The fourth-order valence-corrected chi connectivity index (χ4v) is 1.75. The molecule has 106 valence electrons. The van der Waals surface area contributed by atoms with Crippen molar-refractivity contribution in [1.29, 1.82) is 0 Å². The molecule has 2 rings (SSSR count). The Balaban J connectivity index is 1.92. The number of nitrogens with one attached hydrogen (secondary N) is 1. The topological polar surface area (TPSA) is 34.1 Å². The number of anilines is 1. The van der Waals surface area contributed by atoms with Gasteiger partial charge >= 0.3 is 0 Å². The van der Waals surface area contributed by atoms with Crippen LogP contribution in [0, 0.1) is 12.8 Å². The van der Waals surface area contributed by atoms with E-state index in [1.807, 2.05) is 43.5 Å². The zero-order chi connectivity index (χ0) is 14.4. The summed E-state index contributed by atoms with van der Waals surface area (Å²) in [7, 11) is 0. The molecular weight excluding hydrogens is 248 g/mol. The highest BCUT2D eigenvalue weighted by Crippen LogP contribution is 2.18. The van der Waals surface area contributed by atoms with Gasteiger partial charge < -0.3 is 10.1 Å². The van der Waals surface area contributed by atoms with Gasteiger partial charge in [0.1, 0.15) is 5.75 Å². The molecule has 1 aromatic heterocycles. The quantitative estimate of drug-likeness (QED) is 0.860. The molecule has 0 spiro atoms. The first-order valence-corrected chi connectivity index (χ1v) is 7.02. The second kappa shape index (κ2) is 6.94. The van der Waals surface area contributed by atoms with Crippen LogP contribution in [0.4, 0.5) is 5.69 Å². The molecule has 0 saturated carbocycles. The molecule has 0 saturated heterocycles. The van der Waals surface area contributed by atoms with E-state index in [0.29, 0.717) is 12.5 Å². The third-order valence-electron chi connectivity index (χ3n) is 2.86. The summed E-state index contributed by atoms with van der Waals surface area (Å²) in [5.41, 5.74) is 3.26. The lowest BCUT2D eigenvalue weighted by Gasteiger charge is -2.11. The van der Waals surface area contributed by atoms with Crippen LogP contribution in [0.1, 0.15) is 25.1 Å². The van der Waals surface area contributed by atoms with Crippen LogP contribution in [0.2, 0.25) is 0 Å². The van der Waals surface area contributed by atoms with Crippen LogP contribution in [0.25, 0.3) is 0 Å². The van der Waals surface area contributed by atoms with Crippen molar-refractivity contribution in [3.05, 3.63) is 53.9 Å². The van der Waals surface area contributed by atoms with E-state index < -0.39 is 0 Å². The monoisotopic (exact) mass is 270 g/mol. The van der Waals surface area contributed by atoms with Crippen LogP contribution in [-0.4, -0.2) is 11.6 Å². The third kappa shape index (κ3) is 4.57. The van der Waals surface area contributed by atoms with E-state index in [0.717, 1.165) is 23.7 Å². The Morgan fingerprint density at radius 2 is 2.05 bits per heavy atom. The lowest BCUT2D eigenvalue weighted by Crippen LogP contribution is -2.05. The number of pyridine rings is 1. The van der Waals surface area contributed by atoms with Crippen molar-refractivity contribution in [1.82, 2.24) is 4.98 Å². The molecule has 20 heavy (non-hydrogen) atoms. The zero-order valence-electron chi connectivity index (χ0n) is 12.4. The Morgan fingerprint density at radius 3 is 2.75 bits per heavy atom. The number of nitrogens with zero attached hydrogens (tertiary/aromatic N) is 1. The number of hydrogen-bond acceptors (Lipinski definition) is 3. The molecule has 0 fully saturated rings. The predicted molar refractivity (Wildman–Crippen MR) is 83.1 cm³/mol. The van der Waals surface area contributed by atoms with Crippen LogP contribution in [0.15, 0.2) is 42.6 Å². The van der Waals surface area contributed by atoms with Crippen LogP contribution in [0.5, 0.6) is 5.75 Å². The van der Waals surface area contributed by atoms with E-state index in [1.165, 1.54) is 5.56 Å². The SMILES string of the molecule is Cc1ccc(CNc2cccc(OCC(C)C)c2)nc1. The van der Waals surface area contributed by atoms with Gasteiger partial charge in [-0.15, -0.1) is 0 Å². The molecule has 0 bridgehead atoms. The standard InChI is InChI=1S/C17H22N2O/c1-13(2)12-20-17-6-4-5-15(9-17)19-11-16-8-7-14(3)10-18-16/h4-10,13,19H,11-12H2,1-3H3. The van der Waals surface area contributed by atoms with Gasteiger partial charge in [0.05, 0.1) is 18.8 Å². The fourth-order valence-electron chi connectivity index (χ4n) is 1.75. The Bertz CT molecular complexity index is 535. The number of ether oxygens (including phenoxy) is 1. The lowest BCUT2D eigenvalue weighted by molar-refractivity contribution is 0.271. The molecule has 1 heterocycles. The van der Waals surface area contributed by atoms with Gasteiger partial charge in [-0.3, -0.25) is 4.98 Å². The van der Waals surface area contributed by atoms with Gasteiger partial charge in [-0.25, -0.2) is 0 Å².